The SMILES string of the molecule is CC(NCc1ccccc1F)c1cccc(F)c1. The van der Waals surface area contributed by atoms with Gasteiger partial charge in [0.1, 0.15) is 11.6 Å². The average molecular weight is 247 g/mol. The highest BCUT2D eigenvalue weighted by Gasteiger charge is 2.07. The van der Waals surface area contributed by atoms with Gasteiger partial charge in [-0.05, 0) is 30.7 Å². The Bertz CT molecular complexity index is 525. The number of nitrogens with one attached hydrogen (secondary N) is 1. The predicted octanol–water partition coefficient (Wildman–Crippen LogP) is 3.82. The van der Waals surface area contributed by atoms with E-state index in [9.17, 15) is 8.78 Å². The van der Waals surface area contributed by atoms with Gasteiger partial charge in [0.15, 0.2) is 0 Å². The van der Waals surface area contributed by atoms with Crippen LogP contribution in [0.25, 0.3) is 0 Å². The van der Waals surface area contributed by atoms with Crippen LogP contribution in [-0.4, -0.2) is 0 Å². The quantitative estimate of drug-likeness (QED) is 0.866. The highest BCUT2D eigenvalue weighted by atomic mass is 19.1. The zero-order valence-electron chi connectivity index (χ0n) is 10.2. The van der Waals surface area contributed by atoms with Crippen molar-refractivity contribution in [3.05, 3.63) is 71.3 Å². The first-order chi connectivity index (χ1) is 8.66. The number of hydrogen-bond acceptors (Lipinski definition) is 1. The zero-order valence-corrected chi connectivity index (χ0v) is 10.2. The Hall–Kier alpha value is -1.74. The highest BCUT2D eigenvalue weighted by molar-refractivity contribution is 5.21. The van der Waals surface area contributed by atoms with Crippen molar-refractivity contribution in [1.82, 2.24) is 5.32 Å². The van der Waals surface area contributed by atoms with Gasteiger partial charge in [0.2, 0.25) is 0 Å². The molecule has 0 aliphatic carbocycles. The number of hydrogen-bond donors (Lipinski definition) is 1. The van der Waals surface area contributed by atoms with Crippen molar-refractivity contribution in [3.63, 3.8) is 0 Å². The summed E-state index contributed by atoms with van der Waals surface area (Å²) in [6, 6.07) is 13.0. The summed E-state index contributed by atoms with van der Waals surface area (Å²) in [5.41, 5.74) is 1.46. The topological polar surface area (TPSA) is 12.0 Å². The molecule has 18 heavy (non-hydrogen) atoms. The van der Waals surface area contributed by atoms with Crippen molar-refractivity contribution >= 4 is 0 Å². The smallest absolute Gasteiger partial charge is 0.127 e. The predicted molar refractivity (Wildman–Crippen MR) is 68.1 cm³/mol. The molecule has 0 amide bonds. The molecular weight excluding hydrogens is 232 g/mol. The molecule has 0 saturated carbocycles. The summed E-state index contributed by atoms with van der Waals surface area (Å²) in [5.74, 6) is -0.483. The van der Waals surface area contributed by atoms with Crippen LogP contribution < -0.4 is 5.32 Å². The monoisotopic (exact) mass is 247 g/mol. The van der Waals surface area contributed by atoms with E-state index in [1.165, 1.54) is 18.2 Å². The Morgan fingerprint density at radius 1 is 1.06 bits per heavy atom. The summed E-state index contributed by atoms with van der Waals surface area (Å²) in [5, 5.41) is 3.18. The van der Waals surface area contributed by atoms with E-state index in [2.05, 4.69) is 5.32 Å². The van der Waals surface area contributed by atoms with Crippen LogP contribution in [0, 0.1) is 11.6 Å². The van der Waals surface area contributed by atoms with Crippen LogP contribution in [0.1, 0.15) is 24.1 Å². The van der Waals surface area contributed by atoms with Crippen molar-refractivity contribution in [1.29, 1.82) is 0 Å². The fourth-order valence-electron chi connectivity index (χ4n) is 1.80. The second-order valence-electron chi connectivity index (χ2n) is 4.25. The maximum Gasteiger partial charge on any atom is 0.127 e. The van der Waals surface area contributed by atoms with Crippen LogP contribution in [0.3, 0.4) is 0 Å². The first kappa shape index (κ1) is 12.7. The van der Waals surface area contributed by atoms with Gasteiger partial charge >= 0.3 is 0 Å². The molecule has 3 heteroatoms. The molecule has 0 aliphatic heterocycles. The fourth-order valence-corrected chi connectivity index (χ4v) is 1.80. The van der Waals surface area contributed by atoms with E-state index in [4.69, 9.17) is 0 Å². The Morgan fingerprint density at radius 3 is 2.56 bits per heavy atom. The van der Waals surface area contributed by atoms with Crippen LogP contribution >= 0.6 is 0 Å². The lowest BCUT2D eigenvalue weighted by molar-refractivity contribution is 0.540. The van der Waals surface area contributed by atoms with E-state index in [0.29, 0.717) is 12.1 Å². The van der Waals surface area contributed by atoms with Crippen LogP contribution in [0.15, 0.2) is 48.5 Å². The molecule has 2 aromatic carbocycles. The first-order valence-electron chi connectivity index (χ1n) is 5.89. The molecule has 0 saturated heterocycles. The third-order valence-electron chi connectivity index (χ3n) is 2.91. The molecule has 94 valence electrons. The Balaban J connectivity index is 2.00. The lowest BCUT2D eigenvalue weighted by Crippen LogP contribution is -2.18. The number of benzene rings is 2. The Labute approximate surface area is 105 Å². The summed E-state index contributed by atoms with van der Waals surface area (Å²) < 4.78 is 26.5. The van der Waals surface area contributed by atoms with Gasteiger partial charge < -0.3 is 5.32 Å². The number of halogens is 2. The molecule has 0 fully saturated rings. The summed E-state index contributed by atoms with van der Waals surface area (Å²) in [6.45, 7) is 2.35. The molecule has 0 spiro atoms. The Kier molecular flexibility index (Phi) is 4.05. The minimum absolute atomic E-state index is 0.0275. The Morgan fingerprint density at radius 2 is 1.83 bits per heavy atom. The minimum Gasteiger partial charge on any atom is -0.306 e. The van der Waals surface area contributed by atoms with E-state index in [1.807, 2.05) is 13.0 Å². The molecule has 2 rings (SSSR count). The zero-order chi connectivity index (χ0) is 13.0. The summed E-state index contributed by atoms with van der Waals surface area (Å²) in [7, 11) is 0. The van der Waals surface area contributed by atoms with Gasteiger partial charge in [0.05, 0.1) is 0 Å². The van der Waals surface area contributed by atoms with E-state index in [-0.39, 0.29) is 17.7 Å². The van der Waals surface area contributed by atoms with E-state index in [0.717, 1.165) is 5.56 Å². The lowest BCUT2D eigenvalue weighted by atomic mass is 10.1. The molecule has 0 bridgehead atoms. The van der Waals surface area contributed by atoms with Gasteiger partial charge in [0, 0.05) is 18.2 Å². The maximum atomic E-state index is 13.4. The third-order valence-corrected chi connectivity index (χ3v) is 2.91. The van der Waals surface area contributed by atoms with Crippen molar-refractivity contribution in [2.75, 3.05) is 0 Å². The van der Waals surface area contributed by atoms with Gasteiger partial charge in [-0.1, -0.05) is 30.3 Å². The third kappa shape index (κ3) is 3.14. The second kappa shape index (κ2) is 5.74. The standard InChI is InChI=1S/C15H15F2N/c1-11(12-6-4-7-14(16)9-12)18-10-13-5-2-3-8-15(13)17/h2-9,11,18H,10H2,1H3. The molecule has 0 radical (unpaired) electrons. The van der Waals surface area contributed by atoms with Crippen molar-refractivity contribution in [3.8, 4) is 0 Å². The van der Waals surface area contributed by atoms with Gasteiger partial charge in [0.25, 0.3) is 0 Å². The average Bonchev–Trinajstić information content (AvgIpc) is 2.37. The van der Waals surface area contributed by atoms with E-state index in [1.54, 1.807) is 24.3 Å². The summed E-state index contributed by atoms with van der Waals surface area (Å²) in [6.07, 6.45) is 0. The van der Waals surface area contributed by atoms with Gasteiger partial charge in [-0.2, -0.15) is 0 Å². The first-order valence-corrected chi connectivity index (χ1v) is 5.89. The van der Waals surface area contributed by atoms with Gasteiger partial charge in [-0.15, -0.1) is 0 Å². The van der Waals surface area contributed by atoms with E-state index < -0.39 is 0 Å². The molecule has 0 heterocycles. The molecule has 1 unspecified atom stereocenters. The van der Waals surface area contributed by atoms with Crippen molar-refractivity contribution in [2.45, 2.75) is 19.5 Å². The molecule has 0 aliphatic rings. The van der Waals surface area contributed by atoms with E-state index >= 15 is 0 Å². The lowest BCUT2D eigenvalue weighted by Gasteiger charge is -2.14. The van der Waals surface area contributed by atoms with Gasteiger partial charge in [-0.3, -0.25) is 0 Å². The fraction of sp³-hybridized carbons (Fsp3) is 0.200. The largest absolute Gasteiger partial charge is 0.306 e. The normalized spacial score (nSPS) is 12.4. The molecule has 1 atom stereocenters. The van der Waals surface area contributed by atoms with Crippen molar-refractivity contribution < 1.29 is 8.78 Å². The van der Waals surface area contributed by atoms with Crippen LogP contribution in [-0.2, 0) is 6.54 Å². The highest BCUT2D eigenvalue weighted by Crippen LogP contribution is 2.15. The van der Waals surface area contributed by atoms with Crippen LogP contribution in [0.2, 0.25) is 0 Å². The van der Waals surface area contributed by atoms with Crippen LogP contribution in [0.5, 0.6) is 0 Å². The summed E-state index contributed by atoms with van der Waals surface area (Å²) in [4.78, 5) is 0. The summed E-state index contributed by atoms with van der Waals surface area (Å²) >= 11 is 0. The molecule has 2 aromatic rings. The minimum atomic E-state index is -0.257. The number of rotatable bonds is 4. The van der Waals surface area contributed by atoms with Crippen LogP contribution in [0.4, 0.5) is 8.78 Å². The maximum absolute atomic E-state index is 13.4. The van der Waals surface area contributed by atoms with Crippen molar-refractivity contribution in [2.24, 2.45) is 0 Å². The van der Waals surface area contributed by atoms with Gasteiger partial charge in [-0.25, -0.2) is 8.78 Å². The second-order valence-corrected chi connectivity index (χ2v) is 4.25. The molecular formula is C15H15F2N. The molecule has 1 nitrogen and oxygen atoms in total. The molecule has 1 N–H and O–H groups in total. The molecule has 0 aromatic heterocycles.